The molecular formula is C25H42O2. The summed E-state index contributed by atoms with van der Waals surface area (Å²) in [6, 6.07) is 0. The fraction of sp³-hybridized carbons (Fsp3) is 0.920. The number of aliphatic hydroxyl groups excluding tert-OH is 2. The molecule has 6 unspecified atom stereocenters. The molecule has 0 heterocycles. The third-order valence-electron chi connectivity index (χ3n) is 9.88. The van der Waals surface area contributed by atoms with Gasteiger partial charge >= 0.3 is 0 Å². The Balaban J connectivity index is 1.53. The van der Waals surface area contributed by atoms with Crippen molar-refractivity contribution in [2.75, 3.05) is 0 Å². The molecule has 0 saturated heterocycles. The summed E-state index contributed by atoms with van der Waals surface area (Å²) in [5.74, 6) is 4.17. The minimum absolute atomic E-state index is 0.0969. The van der Waals surface area contributed by atoms with Crippen LogP contribution in [-0.4, -0.2) is 22.4 Å². The maximum absolute atomic E-state index is 10.2. The third kappa shape index (κ3) is 3.23. The van der Waals surface area contributed by atoms with Crippen molar-refractivity contribution in [1.82, 2.24) is 0 Å². The molecular weight excluding hydrogens is 332 g/mol. The Labute approximate surface area is 166 Å². The molecule has 4 aliphatic rings. The summed E-state index contributed by atoms with van der Waals surface area (Å²) in [7, 11) is 0. The summed E-state index contributed by atoms with van der Waals surface area (Å²) in [5.41, 5.74) is 2.46. The smallest absolute Gasteiger partial charge is 0.0577 e. The van der Waals surface area contributed by atoms with Gasteiger partial charge in [-0.3, -0.25) is 0 Å². The lowest BCUT2D eigenvalue weighted by Gasteiger charge is -2.58. The molecule has 9 atom stereocenters. The Morgan fingerprint density at radius 2 is 1.81 bits per heavy atom. The van der Waals surface area contributed by atoms with Crippen LogP contribution in [0, 0.1) is 40.4 Å². The van der Waals surface area contributed by atoms with Crippen molar-refractivity contribution in [2.24, 2.45) is 40.4 Å². The van der Waals surface area contributed by atoms with Crippen LogP contribution in [0.25, 0.3) is 0 Å². The standard InChI is InChI=1S/C25H42O2/c1-16(5-6-17(2)26)21-9-10-22-20-8-7-18-15-19(27)11-13-24(18,3)23(20)12-14-25(21,22)4/h7,16-17,19-23,26-27H,5-6,8-15H2,1-4H3/t16?,17?,19?,20?,21-,22?,23?,24+,25-/m1/s1. The Morgan fingerprint density at radius 3 is 2.56 bits per heavy atom. The van der Waals surface area contributed by atoms with Crippen molar-refractivity contribution in [2.45, 2.75) is 104 Å². The lowest BCUT2D eigenvalue weighted by atomic mass is 9.47. The predicted octanol–water partition coefficient (Wildman–Crippen LogP) is 5.72. The third-order valence-corrected chi connectivity index (χ3v) is 9.88. The number of hydrogen-bond donors (Lipinski definition) is 2. The molecule has 0 amide bonds. The SMILES string of the molecule is CC(O)CCC(C)[C@H]1CCC2C3CC=C4CC(O)CC[C@]4(C)C3CC[C@@]21C. The minimum Gasteiger partial charge on any atom is -0.393 e. The first kappa shape index (κ1) is 20.0. The van der Waals surface area contributed by atoms with Crippen molar-refractivity contribution in [3.05, 3.63) is 11.6 Å². The summed E-state index contributed by atoms with van der Waals surface area (Å²) >= 11 is 0. The van der Waals surface area contributed by atoms with Crippen LogP contribution in [0.5, 0.6) is 0 Å². The minimum atomic E-state index is -0.156. The average Bonchev–Trinajstić information content (AvgIpc) is 2.97. The predicted molar refractivity (Wildman–Crippen MR) is 111 cm³/mol. The monoisotopic (exact) mass is 374 g/mol. The van der Waals surface area contributed by atoms with E-state index in [-0.39, 0.29) is 12.2 Å². The molecule has 0 spiro atoms. The Bertz CT molecular complexity index is 581. The molecule has 2 N–H and O–H groups in total. The fourth-order valence-corrected chi connectivity index (χ4v) is 8.32. The maximum atomic E-state index is 10.2. The van der Waals surface area contributed by atoms with E-state index in [1.165, 1.54) is 44.9 Å². The highest BCUT2D eigenvalue weighted by Gasteiger charge is 2.59. The molecule has 2 heteroatoms. The van der Waals surface area contributed by atoms with Crippen molar-refractivity contribution >= 4 is 0 Å². The van der Waals surface area contributed by atoms with Crippen LogP contribution in [0.4, 0.5) is 0 Å². The number of aliphatic hydroxyl groups is 2. The molecule has 27 heavy (non-hydrogen) atoms. The zero-order valence-corrected chi connectivity index (χ0v) is 18.1. The molecule has 0 aromatic rings. The Morgan fingerprint density at radius 1 is 1.04 bits per heavy atom. The molecule has 4 rings (SSSR count). The normalized spacial score (nSPS) is 48.8. The molecule has 0 aromatic carbocycles. The van der Waals surface area contributed by atoms with E-state index in [0.29, 0.717) is 10.8 Å². The summed E-state index contributed by atoms with van der Waals surface area (Å²) in [4.78, 5) is 0. The quantitative estimate of drug-likeness (QED) is 0.618. The van der Waals surface area contributed by atoms with Crippen molar-refractivity contribution in [3.8, 4) is 0 Å². The summed E-state index contributed by atoms with van der Waals surface area (Å²) in [6.45, 7) is 9.54. The van der Waals surface area contributed by atoms with E-state index in [9.17, 15) is 10.2 Å². The Kier molecular flexibility index (Phi) is 5.30. The molecule has 0 bridgehead atoms. The molecule has 0 aromatic heterocycles. The van der Waals surface area contributed by atoms with Crippen LogP contribution in [0.15, 0.2) is 11.6 Å². The van der Waals surface area contributed by atoms with Gasteiger partial charge in [0.2, 0.25) is 0 Å². The van der Waals surface area contributed by atoms with Gasteiger partial charge in [-0.1, -0.05) is 32.4 Å². The van der Waals surface area contributed by atoms with E-state index < -0.39 is 0 Å². The summed E-state index contributed by atoms with van der Waals surface area (Å²) in [6.07, 6.45) is 14.4. The van der Waals surface area contributed by atoms with Crippen molar-refractivity contribution < 1.29 is 10.2 Å². The topological polar surface area (TPSA) is 40.5 Å². The molecule has 0 radical (unpaired) electrons. The average molecular weight is 375 g/mol. The van der Waals surface area contributed by atoms with Gasteiger partial charge in [0.1, 0.15) is 0 Å². The van der Waals surface area contributed by atoms with Crippen LogP contribution in [0.1, 0.15) is 91.9 Å². The van der Waals surface area contributed by atoms with Crippen LogP contribution in [-0.2, 0) is 0 Å². The van der Waals surface area contributed by atoms with Crippen LogP contribution < -0.4 is 0 Å². The Hall–Kier alpha value is -0.340. The van der Waals surface area contributed by atoms with Crippen molar-refractivity contribution in [3.63, 3.8) is 0 Å². The molecule has 3 fully saturated rings. The highest BCUT2D eigenvalue weighted by atomic mass is 16.3. The van der Waals surface area contributed by atoms with Gasteiger partial charge in [0, 0.05) is 0 Å². The number of allylic oxidation sites excluding steroid dienone is 1. The highest BCUT2D eigenvalue weighted by molar-refractivity contribution is 5.25. The molecule has 154 valence electrons. The second-order valence-electron chi connectivity index (χ2n) is 11.3. The second kappa shape index (κ2) is 7.17. The van der Waals surface area contributed by atoms with E-state index in [1.807, 2.05) is 6.92 Å². The maximum Gasteiger partial charge on any atom is 0.0577 e. The van der Waals surface area contributed by atoms with E-state index in [1.54, 1.807) is 5.57 Å². The largest absolute Gasteiger partial charge is 0.393 e. The molecule has 3 saturated carbocycles. The summed E-state index contributed by atoms with van der Waals surface area (Å²) < 4.78 is 0. The number of rotatable bonds is 4. The van der Waals surface area contributed by atoms with Gasteiger partial charge in [-0.2, -0.15) is 0 Å². The van der Waals surface area contributed by atoms with E-state index in [0.717, 1.165) is 48.9 Å². The van der Waals surface area contributed by atoms with Crippen molar-refractivity contribution in [1.29, 1.82) is 0 Å². The molecule has 4 aliphatic carbocycles. The van der Waals surface area contributed by atoms with Gasteiger partial charge in [-0.05, 0) is 112 Å². The fourth-order valence-electron chi connectivity index (χ4n) is 8.32. The van der Waals surface area contributed by atoms with E-state index >= 15 is 0 Å². The van der Waals surface area contributed by atoms with Gasteiger partial charge in [0.25, 0.3) is 0 Å². The van der Waals surface area contributed by atoms with Gasteiger partial charge in [0.05, 0.1) is 12.2 Å². The second-order valence-corrected chi connectivity index (χ2v) is 11.3. The zero-order chi connectivity index (χ0) is 19.4. The van der Waals surface area contributed by atoms with Gasteiger partial charge < -0.3 is 10.2 Å². The number of fused-ring (bicyclic) bond motifs is 5. The first-order valence-electron chi connectivity index (χ1n) is 11.8. The van der Waals surface area contributed by atoms with Gasteiger partial charge in [0.15, 0.2) is 0 Å². The lowest BCUT2D eigenvalue weighted by molar-refractivity contribution is -0.0577. The first-order valence-corrected chi connectivity index (χ1v) is 11.8. The van der Waals surface area contributed by atoms with E-state index in [4.69, 9.17) is 0 Å². The van der Waals surface area contributed by atoms with Gasteiger partial charge in [-0.25, -0.2) is 0 Å². The van der Waals surface area contributed by atoms with Crippen LogP contribution in [0.2, 0.25) is 0 Å². The van der Waals surface area contributed by atoms with Crippen LogP contribution >= 0.6 is 0 Å². The van der Waals surface area contributed by atoms with Crippen LogP contribution in [0.3, 0.4) is 0 Å². The molecule has 2 nitrogen and oxygen atoms in total. The van der Waals surface area contributed by atoms with Gasteiger partial charge in [-0.15, -0.1) is 0 Å². The van der Waals surface area contributed by atoms with E-state index in [2.05, 4.69) is 26.8 Å². The first-order chi connectivity index (χ1) is 12.8. The zero-order valence-electron chi connectivity index (χ0n) is 18.1. The molecule has 0 aliphatic heterocycles. The summed E-state index contributed by atoms with van der Waals surface area (Å²) in [5, 5.41) is 19.9. The number of hydrogen-bond acceptors (Lipinski definition) is 2. The highest BCUT2D eigenvalue weighted by Crippen LogP contribution is 2.67. The lowest BCUT2D eigenvalue weighted by Crippen LogP contribution is -2.50.